The maximum atomic E-state index is 12.6. The van der Waals surface area contributed by atoms with Gasteiger partial charge in [-0.1, -0.05) is 31.4 Å². The van der Waals surface area contributed by atoms with E-state index < -0.39 is 0 Å². The summed E-state index contributed by atoms with van der Waals surface area (Å²) in [5.41, 5.74) is 1.85. The Kier molecular flexibility index (Phi) is 2.77. The van der Waals surface area contributed by atoms with E-state index in [1.165, 1.54) is 12.1 Å². The van der Waals surface area contributed by atoms with Crippen molar-refractivity contribution in [1.82, 2.24) is 0 Å². The molecule has 0 atom stereocenters. The average molecular weight is 244 g/mol. The first-order valence-corrected chi connectivity index (χ1v) is 6.96. The number of carbonyl (C=O) groups is 1. The molecule has 1 aliphatic heterocycles. The predicted molar refractivity (Wildman–Crippen MR) is 73.9 cm³/mol. The smallest absolute Gasteiger partial charge is 0.250 e. The van der Waals surface area contributed by atoms with Crippen LogP contribution in [0.5, 0.6) is 0 Å². The van der Waals surface area contributed by atoms with Gasteiger partial charge in [0.25, 0.3) is 0 Å². The Morgan fingerprint density at radius 2 is 1.94 bits per heavy atom. The molecule has 3 heteroatoms. The molecule has 96 valence electrons. The minimum atomic E-state index is -0.290. The third-order valence-electron chi connectivity index (χ3n) is 4.38. The molecule has 0 bridgehead atoms. The first-order valence-electron chi connectivity index (χ1n) is 6.96. The number of para-hydroxylation sites is 2. The summed E-state index contributed by atoms with van der Waals surface area (Å²) in [7, 11) is 0. The van der Waals surface area contributed by atoms with E-state index in [0.717, 1.165) is 37.9 Å². The Morgan fingerprint density at radius 1 is 1.22 bits per heavy atom. The highest BCUT2D eigenvalue weighted by Crippen LogP contribution is 2.43. The lowest BCUT2D eigenvalue weighted by molar-refractivity contribution is -0.122. The largest absolute Gasteiger partial charge is 0.356 e. The highest BCUT2D eigenvalue weighted by Gasteiger charge is 2.47. The van der Waals surface area contributed by atoms with Crippen molar-refractivity contribution in [3.8, 4) is 0 Å². The number of benzene rings is 1. The normalized spacial score (nSPS) is 21.6. The van der Waals surface area contributed by atoms with Gasteiger partial charge in [0, 0.05) is 6.54 Å². The SMILES string of the molecule is CCN1c2ccccc2NC(=O)C12CCCCC2. The quantitative estimate of drug-likeness (QED) is 0.823. The number of fused-ring (bicyclic) bond motifs is 1. The highest BCUT2D eigenvalue weighted by atomic mass is 16.2. The van der Waals surface area contributed by atoms with E-state index in [4.69, 9.17) is 0 Å². The summed E-state index contributed by atoms with van der Waals surface area (Å²) in [5, 5.41) is 3.10. The molecule has 3 rings (SSSR count). The molecule has 1 fully saturated rings. The van der Waals surface area contributed by atoms with Crippen LogP contribution in [0.15, 0.2) is 24.3 Å². The van der Waals surface area contributed by atoms with Crippen molar-refractivity contribution in [3.05, 3.63) is 24.3 Å². The Bertz CT molecular complexity index is 463. The van der Waals surface area contributed by atoms with Gasteiger partial charge < -0.3 is 10.2 Å². The lowest BCUT2D eigenvalue weighted by atomic mass is 9.77. The van der Waals surface area contributed by atoms with Gasteiger partial charge in [-0.15, -0.1) is 0 Å². The molecule has 1 aromatic rings. The van der Waals surface area contributed by atoms with Crippen molar-refractivity contribution in [2.24, 2.45) is 0 Å². The van der Waals surface area contributed by atoms with Crippen molar-refractivity contribution in [2.45, 2.75) is 44.6 Å². The fourth-order valence-corrected chi connectivity index (χ4v) is 3.51. The Hall–Kier alpha value is -1.51. The Labute approximate surface area is 108 Å². The van der Waals surface area contributed by atoms with E-state index in [1.54, 1.807) is 0 Å². The van der Waals surface area contributed by atoms with Gasteiger partial charge in [0.2, 0.25) is 5.91 Å². The monoisotopic (exact) mass is 244 g/mol. The molecular weight excluding hydrogens is 224 g/mol. The molecule has 3 nitrogen and oxygen atoms in total. The molecule has 0 aromatic heterocycles. The van der Waals surface area contributed by atoms with Crippen LogP contribution in [0.4, 0.5) is 11.4 Å². The van der Waals surface area contributed by atoms with Gasteiger partial charge >= 0.3 is 0 Å². The molecular formula is C15H20N2O. The topological polar surface area (TPSA) is 32.3 Å². The number of nitrogens with one attached hydrogen (secondary N) is 1. The van der Waals surface area contributed by atoms with E-state index in [1.807, 2.05) is 12.1 Å². The summed E-state index contributed by atoms with van der Waals surface area (Å²) in [4.78, 5) is 14.9. The number of carbonyl (C=O) groups excluding carboxylic acids is 1. The maximum Gasteiger partial charge on any atom is 0.250 e. The van der Waals surface area contributed by atoms with Gasteiger partial charge in [0.1, 0.15) is 5.54 Å². The van der Waals surface area contributed by atoms with Gasteiger partial charge in [-0.25, -0.2) is 0 Å². The third kappa shape index (κ3) is 1.53. The molecule has 0 unspecified atom stereocenters. The van der Waals surface area contributed by atoms with Crippen LogP contribution >= 0.6 is 0 Å². The van der Waals surface area contributed by atoms with Crippen LogP contribution in [0.1, 0.15) is 39.0 Å². The summed E-state index contributed by atoms with van der Waals surface area (Å²) in [5.74, 6) is 0.197. The molecule has 18 heavy (non-hydrogen) atoms. The number of hydrogen-bond acceptors (Lipinski definition) is 2. The van der Waals surface area contributed by atoms with Crippen molar-refractivity contribution in [2.75, 3.05) is 16.8 Å². The van der Waals surface area contributed by atoms with Crippen molar-refractivity contribution in [3.63, 3.8) is 0 Å². The van der Waals surface area contributed by atoms with Gasteiger partial charge in [-0.2, -0.15) is 0 Å². The number of likely N-dealkylation sites (N-methyl/N-ethyl adjacent to an activating group) is 1. The van der Waals surface area contributed by atoms with Crippen LogP contribution in [0.2, 0.25) is 0 Å². The number of rotatable bonds is 1. The van der Waals surface area contributed by atoms with Crippen LogP contribution in [-0.2, 0) is 4.79 Å². The minimum absolute atomic E-state index is 0.197. The molecule has 1 amide bonds. The summed E-state index contributed by atoms with van der Waals surface area (Å²) >= 11 is 0. The molecule has 1 heterocycles. The average Bonchev–Trinajstić information content (AvgIpc) is 2.41. The number of hydrogen-bond donors (Lipinski definition) is 1. The van der Waals surface area contributed by atoms with Crippen LogP contribution in [-0.4, -0.2) is 18.0 Å². The number of anilines is 2. The van der Waals surface area contributed by atoms with Gasteiger partial charge in [0.15, 0.2) is 0 Å². The molecule has 2 aliphatic rings. The predicted octanol–water partition coefficient (Wildman–Crippen LogP) is 3.17. The first-order chi connectivity index (χ1) is 8.78. The molecule has 1 aromatic carbocycles. The fraction of sp³-hybridized carbons (Fsp3) is 0.533. The minimum Gasteiger partial charge on any atom is -0.356 e. The zero-order valence-electron chi connectivity index (χ0n) is 10.9. The van der Waals surface area contributed by atoms with Crippen molar-refractivity contribution < 1.29 is 4.79 Å². The standard InChI is InChI=1S/C15H20N2O/c1-2-17-13-9-5-4-8-12(13)16-14(18)15(17)10-6-3-7-11-15/h4-5,8-9H,2-3,6-7,10-11H2,1H3,(H,16,18). The Morgan fingerprint density at radius 3 is 2.67 bits per heavy atom. The molecule has 0 saturated heterocycles. The lowest BCUT2D eigenvalue weighted by Gasteiger charge is -2.49. The van der Waals surface area contributed by atoms with Crippen LogP contribution in [0.3, 0.4) is 0 Å². The molecule has 1 saturated carbocycles. The van der Waals surface area contributed by atoms with Crippen molar-refractivity contribution in [1.29, 1.82) is 0 Å². The summed E-state index contributed by atoms with van der Waals surface area (Å²) < 4.78 is 0. The van der Waals surface area contributed by atoms with Gasteiger partial charge in [-0.3, -0.25) is 4.79 Å². The Balaban J connectivity index is 2.08. The molecule has 1 N–H and O–H groups in total. The van der Waals surface area contributed by atoms with Crippen LogP contribution in [0.25, 0.3) is 0 Å². The fourth-order valence-electron chi connectivity index (χ4n) is 3.51. The summed E-state index contributed by atoms with van der Waals surface area (Å²) in [6, 6.07) is 8.14. The van der Waals surface area contributed by atoms with Crippen LogP contribution in [0, 0.1) is 0 Å². The third-order valence-corrected chi connectivity index (χ3v) is 4.38. The van der Waals surface area contributed by atoms with E-state index in [2.05, 4.69) is 29.3 Å². The van der Waals surface area contributed by atoms with Crippen LogP contribution < -0.4 is 10.2 Å². The van der Waals surface area contributed by atoms with Gasteiger partial charge in [0.05, 0.1) is 11.4 Å². The molecule has 1 spiro atoms. The summed E-state index contributed by atoms with van der Waals surface area (Å²) in [6.07, 6.45) is 5.55. The first kappa shape index (κ1) is 11.6. The second kappa shape index (κ2) is 4.30. The zero-order valence-corrected chi connectivity index (χ0v) is 10.9. The van der Waals surface area contributed by atoms with E-state index in [9.17, 15) is 4.79 Å². The molecule has 1 aliphatic carbocycles. The van der Waals surface area contributed by atoms with Gasteiger partial charge in [-0.05, 0) is 31.9 Å². The highest BCUT2D eigenvalue weighted by molar-refractivity contribution is 6.06. The zero-order chi connectivity index (χ0) is 12.6. The van der Waals surface area contributed by atoms with Crippen molar-refractivity contribution >= 4 is 17.3 Å². The second-order valence-electron chi connectivity index (χ2n) is 5.31. The maximum absolute atomic E-state index is 12.6. The number of amides is 1. The second-order valence-corrected chi connectivity index (χ2v) is 5.31. The lowest BCUT2D eigenvalue weighted by Crippen LogP contribution is -2.60. The number of nitrogens with zero attached hydrogens (tertiary/aromatic N) is 1. The van der Waals surface area contributed by atoms with E-state index in [0.29, 0.717) is 0 Å². The van der Waals surface area contributed by atoms with E-state index >= 15 is 0 Å². The van der Waals surface area contributed by atoms with E-state index in [-0.39, 0.29) is 11.4 Å². The summed E-state index contributed by atoms with van der Waals surface area (Å²) in [6.45, 7) is 3.04. The molecule has 0 radical (unpaired) electrons.